The van der Waals surface area contributed by atoms with E-state index in [1.165, 1.54) is 0 Å². The molecule has 0 saturated heterocycles. The lowest BCUT2D eigenvalue weighted by Crippen LogP contribution is -2.06. The van der Waals surface area contributed by atoms with Crippen LogP contribution in [0.1, 0.15) is 17.7 Å². The van der Waals surface area contributed by atoms with Crippen molar-refractivity contribution in [3.05, 3.63) is 32.0 Å². The van der Waals surface area contributed by atoms with Gasteiger partial charge in [0.2, 0.25) is 0 Å². The molecule has 8 heteroatoms. The fourth-order valence-corrected chi connectivity index (χ4v) is 1.46. The van der Waals surface area contributed by atoms with Crippen LogP contribution in [0.15, 0.2) is 10.7 Å². The summed E-state index contributed by atoms with van der Waals surface area (Å²) >= 11 is 2.75. The highest BCUT2D eigenvalue weighted by Gasteiger charge is 2.21. The first-order chi connectivity index (χ1) is 6.97. The lowest BCUT2D eigenvalue weighted by Gasteiger charge is -2.06. The van der Waals surface area contributed by atoms with E-state index < -0.39 is 17.0 Å². The molecule has 0 unspecified atom stereocenters. The first-order valence-corrected chi connectivity index (χ1v) is 4.58. The molecule has 0 aliphatic carbocycles. The van der Waals surface area contributed by atoms with Crippen LogP contribution in [0.4, 0.5) is 14.5 Å². The van der Waals surface area contributed by atoms with Gasteiger partial charge in [-0.05, 0) is 21.5 Å². The van der Waals surface area contributed by atoms with E-state index in [0.29, 0.717) is 0 Å². The Morgan fingerprint density at radius 2 is 2.27 bits per heavy atom. The monoisotopic (exact) mass is 281 g/mol. The molecule has 1 rings (SSSR count). The predicted octanol–water partition coefficient (Wildman–Crippen LogP) is 2.15. The molecule has 0 amide bonds. The van der Waals surface area contributed by atoms with E-state index >= 15 is 0 Å². The quantitative estimate of drug-likeness (QED) is 0.523. The fraction of sp³-hybridized carbons (Fsp3) is 0.286. The third-order valence-electron chi connectivity index (χ3n) is 1.69. The number of nitrogens with zero attached hydrogens (tertiary/aromatic N) is 2. The van der Waals surface area contributed by atoms with E-state index in [-0.39, 0.29) is 22.4 Å². The van der Waals surface area contributed by atoms with E-state index in [1.807, 2.05) is 0 Å². The van der Waals surface area contributed by atoms with Crippen LogP contribution in [-0.2, 0) is 6.54 Å². The maximum atomic E-state index is 12.4. The molecule has 1 heterocycles. The SMILES string of the molecule is NCc1cc([N+](=O)[O-])c(Br)nc1C(F)F. The number of hydrogen-bond acceptors (Lipinski definition) is 4. The topological polar surface area (TPSA) is 82.0 Å². The van der Waals surface area contributed by atoms with Gasteiger partial charge >= 0.3 is 5.69 Å². The van der Waals surface area contributed by atoms with Crippen molar-refractivity contribution in [3.63, 3.8) is 0 Å². The van der Waals surface area contributed by atoms with Gasteiger partial charge in [0.15, 0.2) is 4.60 Å². The smallest absolute Gasteiger partial charge is 0.302 e. The molecule has 0 bridgehead atoms. The maximum absolute atomic E-state index is 12.4. The van der Waals surface area contributed by atoms with Gasteiger partial charge in [-0.25, -0.2) is 13.8 Å². The molecule has 0 radical (unpaired) electrons. The Kier molecular flexibility index (Phi) is 3.64. The zero-order valence-corrected chi connectivity index (χ0v) is 8.87. The highest BCUT2D eigenvalue weighted by molar-refractivity contribution is 9.10. The van der Waals surface area contributed by atoms with Crippen molar-refractivity contribution in [2.45, 2.75) is 13.0 Å². The van der Waals surface area contributed by atoms with E-state index in [4.69, 9.17) is 5.73 Å². The van der Waals surface area contributed by atoms with Gasteiger partial charge in [0.1, 0.15) is 5.69 Å². The van der Waals surface area contributed by atoms with Crippen LogP contribution in [-0.4, -0.2) is 9.91 Å². The molecule has 82 valence electrons. The first kappa shape index (κ1) is 11.9. The number of hydrogen-bond donors (Lipinski definition) is 1. The van der Waals surface area contributed by atoms with Crippen molar-refractivity contribution in [3.8, 4) is 0 Å². The second-order valence-corrected chi connectivity index (χ2v) is 3.36. The average Bonchev–Trinajstić information content (AvgIpc) is 2.16. The van der Waals surface area contributed by atoms with Crippen LogP contribution in [0.5, 0.6) is 0 Å². The third-order valence-corrected chi connectivity index (χ3v) is 2.28. The molecular weight excluding hydrogens is 276 g/mol. The van der Waals surface area contributed by atoms with E-state index in [1.54, 1.807) is 0 Å². The highest BCUT2D eigenvalue weighted by Crippen LogP contribution is 2.29. The standard InChI is InChI=1S/C7H6BrF2N3O2/c8-6-4(13(14)15)1-3(2-11)5(12-6)7(9)10/h1,7H,2,11H2. The van der Waals surface area contributed by atoms with E-state index in [2.05, 4.69) is 20.9 Å². The summed E-state index contributed by atoms with van der Waals surface area (Å²) in [6.45, 7) is -0.221. The molecule has 0 spiro atoms. The summed E-state index contributed by atoms with van der Waals surface area (Å²) in [4.78, 5) is 13.2. The van der Waals surface area contributed by atoms with Crippen LogP contribution in [0.3, 0.4) is 0 Å². The normalized spacial score (nSPS) is 10.7. The number of alkyl halides is 2. The minimum Gasteiger partial charge on any atom is -0.326 e. The van der Waals surface area contributed by atoms with E-state index in [9.17, 15) is 18.9 Å². The Labute approximate surface area is 91.6 Å². The maximum Gasteiger partial charge on any atom is 0.302 e. The molecule has 1 aromatic rings. The van der Waals surface area contributed by atoms with Gasteiger partial charge in [-0.2, -0.15) is 0 Å². The number of aromatic nitrogens is 1. The first-order valence-electron chi connectivity index (χ1n) is 3.79. The summed E-state index contributed by atoms with van der Waals surface area (Å²) in [5.41, 5.74) is 4.26. The number of rotatable bonds is 3. The van der Waals surface area contributed by atoms with Crippen molar-refractivity contribution >= 4 is 21.6 Å². The average molecular weight is 282 g/mol. The van der Waals surface area contributed by atoms with Gasteiger partial charge in [0.05, 0.1) is 4.92 Å². The second kappa shape index (κ2) is 4.58. The van der Waals surface area contributed by atoms with Crippen LogP contribution in [0.25, 0.3) is 0 Å². The predicted molar refractivity (Wildman–Crippen MR) is 51.4 cm³/mol. The van der Waals surface area contributed by atoms with Gasteiger partial charge in [0, 0.05) is 12.6 Å². The molecule has 15 heavy (non-hydrogen) atoms. The van der Waals surface area contributed by atoms with Crippen molar-refractivity contribution in [1.29, 1.82) is 0 Å². The molecule has 0 fully saturated rings. The van der Waals surface area contributed by atoms with Crippen molar-refractivity contribution < 1.29 is 13.7 Å². The van der Waals surface area contributed by atoms with Gasteiger partial charge < -0.3 is 5.73 Å². The minimum atomic E-state index is -2.80. The molecule has 0 saturated carbocycles. The molecule has 0 atom stereocenters. The summed E-state index contributed by atoms with van der Waals surface area (Å²) < 4.78 is 24.6. The minimum absolute atomic E-state index is 0.0279. The Morgan fingerprint density at radius 1 is 1.67 bits per heavy atom. The van der Waals surface area contributed by atoms with Gasteiger partial charge in [0.25, 0.3) is 6.43 Å². The molecule has 0 aliphatic rings. The number of pyridine rings is 1. The molecular formula is C7H6BrF2N3O2. The molecule has 5 nitrogen and oxygen atoms in total. The lowest BCUT2D eigenvalue weighted by atomic mass is 10.2. The summed E-state index contributed by atoms with van der Waals surface area (Å²) in [6, 6.07) is 0.999. The third kappa shape index (κ3) is 2.45. The second-order valence-electron chi connectivity index (χ2n) is 2.60. The van der Waals surface area contributed by atoms with Gasteiger partial charge in [-0.1, -0.05) is 0 Å². The molecule has 0 aromatic carbocycles. The lowest BCUT2D eigenvalue weighted by molar-refractivity contribution is -0.386. The van der Waals surface area contributed by atoms with Crippen LogP contribution >= 0.6 is 15.9 Å². The Hall–Kier alpha value is -1.15. The Balaban J connectivity index is 3.35. The molecule has 1 aromatic heterocycles. The van der Waals surface area contributed by atoms with Crippen LogP contribution in [0.2, 0.25) is 0 Å². The fourth-order valence-electron chi connectivity index (χ4n) is 1.01. The molecule has 0 aliphatic heterocycles. The molecule has 2 N–H and O–H groups in total. The summed E-state index contributed by atoms with van der Waals surface area (Å²) in [5, 5.41) is 10.5. The number of halogens is 3. The van der Waals surface area contributed by atoms with E-state index in [0.717, 1.165) is 6.07 Å². The van der Waals surface area contributed by atoms with Gasteiger partial charge in [-0.15, -0.1) is 0 Å². The largest absolute Gasteiger partial charge is 0.326 e. The van der Waals surface area contributed by atoms with Crippen molar-refractivity contribution in [2.24, 2.45) is 5.73 Å². The van der Waals surface area contributed by atoms with Crippen molar-refractivity contribution in [2.75, 3.05) is 0 Å². The van der Waals surface area contributed by atoms with Crippen molar-refractivity contribution in [1.82, 2.24) is 4.98 Å². The van der Waals surface area contributed by atoms with Crippen LogP contribution in [0, 0.1) is 10.1 Å². The number of nitro groups is 1. The zero-order valence-electron chi connectivity index (χ0n) is 7.28. The Morgan fingerprint density at radius 3 is 2.67 bits per heavy atom. The Bertz CT molecular complexity index is 400. The van der Waals surface area contributed by atoms with Crippen LogP contribution < -0.4 is 5.73 Å². The summed E-state index contributed by atoms with van der Waals surface area (Å²) in [6.07, 6.45) is -2.80. The van der Waals surface area contributed by atoms with Gasteiger partial charge in [-0.3, -0.25) is 10.1 Å². The summed E-state index contributed by atoms with van der Waals surface area (Å²) in [5.74, 6) is 0. The zero-order chi connectivity index (χ0) is 11.6. The summed E-state index contributed by atoms with van der Waals surface area (Å²) in [7, 11) is 0. The highest BCUT2D eigenvalue weighted by atomic mass is 79.9. The number of nitrogens with two attached hydrogens (primary N) is 1.